The van der Waals surface area contributed by atoms with Crippen molar-refractivity contribution in [2.45, 2.75) is 74.8 Å². The molecule has 0 aromatic heterocycles. The van der Waals surface area contributed by atoms with Crippen molar-refractivity contribution in [3.8, 4) is 0 Å². The zero-order chi connectivity index (χ0) is 28.5. The summed E-state index contributed by atoms with van der Waals surface area (Å²) in [6, 6.07) is -6.11. The van der Waals surface area contributed by atoms with E-state index in [1.807, 2.05) is 0 Å². The molecule has 3 aliphatic rings. The molecule has 5 amide bonds. The van der Waals surface area contributed by atoms with Crippen LogP contribution in [0.4, 0.5) is 0 Å². The maximum atomic E-state index is 13.2. The number of rotatable bonds is 12. The molecule has 6 atom stereocenters. The van der Waals surface area contributed by atoms with E-state index in [0.29, 0.717) is 38.5 Å². The Morgan fingerprint density at radius 1 is 0.744 bits per heavy atom. The molecule has 3 rings (SSSR count). The first-order chi connectivity index (χ1) is 18.7. The fourth-order valence-corrected chi connectivity index (χ4v) is 5.23. The van der Waals surface area contributed by atoms with Gasteiger partial charge in [0, 0.05) is 13.1 Å². The molecule has 0 radical (unpaired) electrons. The summed E-state index contributed by atoms with van der Waals surface area (Å²) in [4.78, 5) is 77.9. The van der Waals surface area contributed by atoms with Crippen LogP contribution in [0.15, 0.2) is 0 Å². The topological polar surface area (TPSA) is 218 Å². The molecule has 0 aromatic rings. The van der Waals surface area contributed by atoms with Gasteiger partial charge in [-0.25, -0.2) is 0 Å². The molecule has 218 valence electrons. The van der Waals surface area contributed by atoms with E-state index in [1.54, 1.807) is 0 Å². The van der Waals surface area contributed by atoms with Gasteiger partial charge in [0.05, 0.1) is 25.9 Å². The van der Waals surface area contributed by atoms with Gasteiger partial charge < -0.3 is 51.2 Å². The standard InChI is InChI=1S/C24H38N6O9/c31-10-14(11-32)26-21(36)18-5-2-8-29(18)24(39)17(13-34)28-22(37)19-6-3-9-30(19)23(38)16(12-33)27-20(35)15-4-1-7-25-15/h10,14-19,25,32-34H,1-9,11-13H2,(H,26,36)(H,27,35)(H,28,37)/t14-,15+,16+,17+,18+,19+/m1/s1. The van der Waals surface area contributed by atoms with Crippen LogP contribution in [-0.4, -0.2) is 137 Å². The van der Waals surface area contributed by atoms with Crippen molar-refractivity contribution in [2.24, 2.45) is 0 Å². The maximum Gasteiger partial charge on any atom is 0.248 e. The lowest BCUT2D eigenvalue weighted by Gasteiger charge is -2.31. The van der Waals surface area contributed by atoms with Gasteiger partial charge in [-0.05, 0) is 45.1 Å². The molecule has 3 fully saturated rings. The number of nitrogens with one attached hydrogen (secondary N) is 4. The number of likely N-dealkylation sites (tertiary alicyclic amines) is 2. The smallest absolute Gasteiger partial charge is 0.248 e. The van der Waals surface area contributed by atoms with Gasteiger partial charge in [0.15, 0.2) is 0 Å². The molecule has 0 saturated carbocycles. The van der Waals surface area contributed by atoms with Crippen LogP contribution in [0, 0.1) is 0 Å². The third-order valence-corrected chi connectivity index (χ3v) is 7.34. The second kappa shape index (κ2) is 14.3. The number of hydrogen-bond acceptors (Lipinski definition) is 10. The van der Waals surface area contributed by atoms with Crippen molar-refractivity contribution in [1.82, 2.24) is 31.1 Å². The van der Waals surface area contributed by atoms with Crippen LogP contribution in [0.3, 0.4) is 0 Å². The molecule has 0 spiro atoms. The second-order valence-electron chi connectivity index (χ2n) is 9.95. The Morgan fingerprint density at radius 2 is 1.26 bits per heavy atom. The zero-order valence-electron chi connectivity index (χ0n) is 21.7. The van der Waals surface area contributed by atoms with Crippen LogP contribution in [0.25, 0.3) is 0 Å². The highest BCUT2D eigenvalue weighted by atomic mass is 16.3. The quantitative estimate of drug-likeness (QED) is 0.114. The minimum Gasteiger partial charge on any atom is -0.394 e. The molecule has 39 heavy (non-hydrogen) atoms. The van der Waals surface area contributed by atoms with E-state index in [4.69, 9.17) is 5.11 Å². The summed E-state index contributed by atoms with van der Waals surface area (Å²) < 4.78 is 0. The Hall–Kier alpha value is -3.14. The maximum absolute atomic E-state index is 13.2. The monoisotopic (exact) mass is 554 g/mol. The van der Waals surface area contributed by atoms with E-state index in [2.05, 4.69) is 21.3 Å². The number of aliphatic hydroxyl groups is 3. The van der Waals surface area contributed by atoms with Crippen LogP contribution < -0.4 is 21.3 Å². The Kier molecular flexibility index (Phi) is 11.2. The molecule has 3 heterocycles. The highest BCUT2D eigenvalue weighted by Gasteiger charge is 2.41. The summed E-state index contributed by atoms with van der Waals surface area (Å²) in [5.74, 6) is -3.05. The van der Waals surface area contributed by atoms with Crippen LogP contribution in [-0.2, 0) is 28.8 Å². The normalized spacial score (nSPS) is 25.1. The number of nitrogens with zero attached hydrogens (tertiary/aromatic N) is 2. The lowest BCUT2D eigenvalue weighted by molar-refractivity contribution is -0.145. The first-order valence-electron chi connectivity index (χ1n) is 13.3. The van der Waals surface area contributed by atoms with Crippen molar-refractivity contribution >= 4 is 35.8 Å². The van der Waals surface area contributed by atoms with Gasteiger partial charge in [0.1, 0.15) is 36.5 Å². The molecule has 0 aliphatic carbocycles. The van der Waals surface area contributed by atoms with Gasteiger partial charge in [0.2, 0.25) is 29.5 Å². The highest BCUT2D eigenvalue weighted by Crippen LogP contribution is 2.21. The van der Waals surface area contributed by atoms with Crippen LogP contribution in [0.5, 0.6) is 0 Å². The summed E-state index contributed by atoms with van der Waals surface area (Å²) in [5.41, 5.74) is 0. The predicted octanol–water partition coefficient (Wildman–Crippen LogP) is -4.65. The second-order valence-corrected chi connectivity index (χ2v) is 9.95. The van der Waals surface area contributed by atoms with Crippen molar-refractivity contribution in [1.29, 1.82) is 0 Å². The fraction of sp³-hybridized carbons (Fsp3) is 0.750. The van der Waals surface area contributed by atoms with Gasteiger partial charge >= 0.3 is 0 Å². The summed E-state index contributed by atoms with van der Waals surface area (Å²) in [5, 5.41) is 39.2. The largest absolute Gasteiger partial charge is 0.394 e. The van der Waals surface area contributed by atoms with E-state index < -0.39 is 85.6 Å². The van der Waals surface area contributed by atoms with Gasteiger partial charge in [-0.2, -0.15) is 0 Å². The van der Waals surface area contributed by atoms with Crippen LogP contribution in [0.2, 0.25) is 0 Å². The molecule has 15 heteroatoms. The third-order valence-electron chi connectivity index (χ3n) is 7.34. The van der Waals surface area contributed by atoms with E-state index in [-0.39, 0.29) is 19.5 Å². The molecule has 0 bridgehead atoms. The molecule has 15 nitrogen and oxygen atoms in total. The average Bonchev–Trinajstić information content (AvgIpc) is 3.73. The fourth-order valence-electron chi connectivity index (χ4n) is 5.23. The van der Waals surface area contributed by atoms with Gasteiger partial charge in [-0.1, -0.05) is 0 Å². The van der Waals surface area contributed by atoms with Crippen LogP contribution in [0.1, 0.15) is 38.5 Å². The molecule has 0 aromatic carbocycles. The number of carbonyl (C=O) groups excluding carboxylic acids is 6. The molecule has 0 unspecified atom stereocenters. The van der Waals surface area contributed by atoms with Gasteiger partial charge in [-0.15, -0.1) is 0 Å². The lowest BCUT2D eigenvalue weighted by atomic mass is 10.1. The Balaban J connectivity index is 1.62. The number of hydrogen-bond donors (Lipinski definition) is 7. The van der Waals surface area contributed by atoms with E-state index in [9.17, 15) is 39.0 Å². The summed E-state index contributed by atoms with van der Waals surface area (Å²) >= 11 is 0. The van der Waals surface area contributed by atoms with E-state index in [1.165, 1.54) is 9.80 Å². The van der Waals surface area contributed by atoms with Crippen LogP contribution >= 0.6 is 0 Å². The minimum absolute atomic E-state index is 0.190. The van der Waals surface area contributed by atoms with E-state index >= 15 is 0 Å². The van der Waals surface area contributed by atoms with Gasteiger partial charge in [0.25, 0.3) is 0 Å². The minimum atomic E-state index is -1.38. The number of carbonyl (C=O) groups is 6. The molecule has 7 N–H and O–H groups in total. The lowest BCUT2D eigenvalue weighted by Crippen LogP contribution is -2.59. The average molecular weight is 555 g/mol. The number of amides is 5. The van der Waals surface area contributed by atoms with Crippen molar-refractivity contribution in [3.63, 3.8) is 0 Å². The van der Waals surface area contributed by atoms with Gasteiger partial charge in [-0.3, -0.25) is 24.0 Å². The SMILES string of the molecule is O=C[C@H](CO)NC(=O)[C@@H]1CCCN1C(=O)[C@H](CO)NC(=O)[C@@H]1CCCN1C(=O)[C@H](CO)NC(=O)[C@@H]1CCCN1. The Morgan fingerprint density at radius 3 is 1.69 bits per heavy atom. The van der Waals surface area contributed by atoms with Crippen molar-refractivity contribution in [3.05, 3.63) is 0 Å². The summed E-state index contributed by atoms with van der Waals surface area (Å²) in [6.45, 7) is -0.928. The molecule has 3 saturated heterocycles. The Labute approximate surface area is 225 Å². The first-order valence-corrected chi connectivity index (χ1v) is 13.3. The summed E-state index contributed by atoms with van der Waals surface area (Å²) in [6.07, 6.45) is 3.36. The van der Waals surface area contributed by atoms with Crippen molar-refractivity contribution < 1.29 is 44.1 Å². The molecular weight excluding hydrogens is 516 g/mol. The number of aliphatic hydroxyl groups excluding tert-OH is 3. The zero-order valence-corrected chi connectivity index (χ0v) is 21.7. The molecule has 3 aliphatic heterocycles. The third kappa shape index (κ3) is 7.29. The van der Waals surface area contributed by atoms with Crippen molar-refractivity contribution in [2.75, 3.05) is 39.5 Å². The Bertz CT molecular complexity index is 928. The predicted molar refractivity (Wildman–Crippen MR) is 134 cm³/mol. The highest BCUT2D eigenvalue weighted by molar-refractivity contribution is 5.96. The molecular formula is C24H38N6O9. The first kappa shape index (κ1) is 30.4. The summed E-state index contributed by atoms with van der Waals surface area (Å²) in [7, 11) is 0. The van der Waals surface area contributed by atoms with E-state index in [0.717, 1.165) is 6.42 Å². The number of aldehydes is 1.